The van der Waals surface area contributed by atoms with E-state index in [9.17, 15) is 4.79 Å². The van der Waals surface area contributed by atoms with Crippen LogP contribution in [-0.2, 0) is 9.47 Å². The smallest absolute Gasteiger partial charge is 0.324 e. The van der Waals surface area contributed by atoms with Gasteiger partial charge in [-0.25, -0.2) is 4.79 Å². The molecule has 2 fully saturated rings. The van der Waals surface area contributed by atoms with E-state index in [1.807, 2.05) is 0 Å². The van der Waals surface area contributed by atoms with Crippen LogP contribution < -0.4 is 20.3 Å². The van der Waals surface area contributed by atoms with E-state index in [-0.39, 0.29) is 6.01 Å². The highest BCUT2D eigenvalue weighted by Crippen LogP contribution is 2.25. The van der Waals surface area contributed by atoms with E-state index >= 15 is 0 Å². The molecule has 10 nitrogen and oxygen atoms in total. The second-order valence-electron chi connectivity index (χ2n) is 7.50. The Bertz CT molecular complexity index is 954. The van der Waals surface area contributed by atoms with Gasteiger partial charge in [-0.05, 0) is 18.2 Å². The summed E-state index contributed by atoms with van der Waals surface area (Å²) in [6.07, 6.45) is 0. The molecule has 178 valence electrons. The zero-order valence-corrected chi connectivity index (χ0v) is 19.6. The quantitative estimate of drug-likeness (QED) is 0.603. The monoisotopic (exact) mass is 496 g/mol. The van der Waals surface area contributed by atoms with Gasteiger partial charge in [0.15, 0.2) is 0 Å². The predicted molar refractivity (Wildman–Crippen MR) is 127 cm³/mol. The Morgan fingerprint density at radius 2 is 1.70 bits per heavy atom. The Kier molecular flexibility index (Phi) is 8.40. The standard InChI is InChI=1S/C21H26Cl2N6O4/c22-16-2-1-15(13-17(16)23)24-20(30)25-18-14-19(29-6-10-32-11-7-29)27-21(26-18)33-12-5-28-3-8-31-9-4-28/h1-2,13-14H,3-12H2,(H2,24,25,26,27,30). The van der Waals surface area contributed by atoms with Crippen LogP contribution in [-0.4, -0.2) is 86.7 Å². The first kappa shape index (κ1) is 23.8. The number of urea groups is 1. The topological polar surface area (TPSA) is 101 Å². The number of ether oxygens (including phenoxy) is 3. The average molecular weight is 497 g/mol. The van der Waals surface area contributed by atoms with Crippen LogP contribution in [0, 0.1) is 0 Å². The van der Waals surface area contributed by atoms with E-state index < -0.39 is 6.03 Å². The third-order valence-electron chi connectivity index (χ3n) is 5.19. The number of nitrogens with one attached hydrogen (secondary N) is 2. The van der Waals surface area contributed by atoms with Crippen molar-refractivity contribution in [2.75, 3.05) is 81.3 Å². The first-order chi connectivity index (χ1) is 16.1. The van der Waals surface area contributed by atoms with Crippen molar-refractivity contribution in [3.05, 3.63) is 34.3 Å². The Labute approximate surface area is 202 Å². The molecule has 1 aromatic carbocycles. The van der Waals surface area contributed by atoms with Gasteiger partial charge in [0.1, 0.15) is 18.2 Å². The highest BCUT2D eigenvalue weighted by atomic mass is 35.5. The first-order valence-corrected chi connectivity index (χ1v) is 11.5. The van der Waals surface area contributed by atoms with Crippen LogP contribution in [0.4, 0.5) is 22.1 Å². The number of hydrogen-bond acceptors (Lipinski definition) is 8. The van der Waals surface area contributed by atoms with E-state index in [1.54, 1.807) is 24.3 Å². The van der Waals surface area contributed by atoms with Gasteiger partial charge >= 0.3 is 12.0 Å². The lowest BCUT2D eigenvalue weighted by molar-refractivity contribution is 0.0317. The summed E-state index contributed by atoms with van der Waals surface area (Å²) in [5.41, 5.74) is 0.506. The molecule has 2 N–H and O–H groups in total. The fourth-order valence-corrected chi connectivity index (χ4v) is 3.74. The summed E-state index contributed by atoms with van der Waals surface area (Å²) in [4.78, 5) is 25.8. The van der Waals surface area contributed by atoms with Crippen molar-refractivity contribution >= 4 is 46.6 Å². The molecule has 2 saturated heterocycles. The number of amides is 2. The van der Waals surface area contributed by atoms with E-state index in [4.69, 9.17) is 37.4 Å². The SMILES string of the molecule is O=C(Nc1ccc(Cl)c(Cl)c1)Nc1cc(N2CCOCC2)nc(OCCN2CCOCC2)n1. The van der Waals surface area contributed by atoms with E-state index in [0.29, 0.717) is 60.3 Å². The van der Waals surface area contributed by atoms with Crippen molar-refractivity contribution in [2.24, 2.45) is 0 Å². The zero-order chi connectivity index (χ0) is 23.0. The number of nitrogens with zero attached hydrogens (tertiary/aromatic N) is 4. The number of halogens is 2. The molecule has 0 radical (unpaired) electrons. The van der Waals surface area contributed by atoms with Gasteiger partial charge in [-0.2, -0.15) is 9.97 Å². The van der Waals surface area contributed by atoms with Crippen LogP contribution in [0.5, 0.6) is 6.01 Å². The van der Waals surface area contributed by atoms with Crippen LogP contribution in [0.1, 0.15) is 0 Å². The third-order valence-corrected chi connectivity index (χ3v) is 5.93. The molecule has 3 heterocycles. The Morgan fingerprint density at radius 3 is 2.42 bits per heavy atom. The number of morpholine rings is 2. The largest absolute Gasteiger partial charge is 0.462 e. The van der Waals surface area contributed by atoms with Crippen LogP contribution in [0.15, 0.2) is 24.3 Å². The average Bonchev–Trinajstić information content (AvgIpc) is 2.82. The zero-order valence-electron chi connectivity index (χ0n) is 18.1. The fraction of sp³-hybridized carbons (Fsp3) is 0.476. The van der Waals surface area contributed by atoms with Crippen LogP contribution in [0.25, 0.3) is 0 Å². The summed E-state index contributed by atoms with van der Waals surface area (Å²) in [6.45, 7) is 6.99. The van der Waals surface area contributed by atoms with Gasteiger partial charge in [-0.1, -0.05) is 23.2 Å². The van der Waals surface area contributed by atoms with Gasteiger partial charge in [0, 0.05) is 44.5 Å². The number of aromatic nitrogens is 2. The first-order valence-electron chi connectivity index (χ1n) is 10.7. The van der Waals surface area contributed by atoms with Crippen molar-refractivity contribution < 1.29 is 19.0 Å². The van der Waals surface area contributed by atoms with E-state index in [0.717, 1.165) is 32.8 Å². The summed E-state index contributed by atoms with van der Waals surface area (Å²) < 4.78 is 16.6. The van der Waals surface area contributed by atoms with Crippen LogP contribution >= 0.6 is 23.2 Å². The van der Waals surface area contributed by atoms with Crippen molar-refractivity contribution in [3.8, 4) is 6.01 Å². The van der Waals surface area contributed by atoms with Gasteiger partial charge in [-0.15, -0.1) is 0 Å². The number of anilines is 3. The molecule has 1 aromatic heterocycles. The molecule has 2 aliphatic rings. The molecule has 12 heteroatoms. The normalized spacial score (nSPS) is 17.0. The van der Waals surface area contributed by atoms with Crippen molar-refractivity contribution in [2.45, 2.75) is 0 Å². The molecular weight excluding hydrogens is 471 g/mol. The Hall–Kier alpha value is -2.37. The summed E-state index contributed by atoms with van der Waals surface area (Å²) >= 11 is 12.0. The molecule has 2 amide bonds. The molecule has 0 spiro atoms. The number of benzene rings is 1. The Morgan fingerprint density at radius 1 is 0.970 bits per heavy atom. The highest BCUT2D eigenvalue weighted by Gasteiger charge is 2.17. The Balaban J connectivity index is 1.43. The molecule has 33 heavy (non-hydrogen) atoms. The van der Waals surface area contributed by atoms with Crippen molar-refractivity contribution in [1.29, 1.82) is 0 Å². The maximum absolute atomic E-state index is 12.5. The summed E-state index contributed by atoms with van der Waals surface area (Å²) in [5.74, 6) is 0.991. The molecule has 0 aliphatic carbocycles. The lowest BCUT2D eigenvalue weighted by atomic mass is 10.3. The number of carbonyl (C=O) groups is 1. The number of rotatable bonds is 7. The molecule has 2 aromatic rings. The van der Waals surface area contributed by atoms with Crippen LogP contribution in [0.3, 0.4) is 0 Å². The maximum atomic E-state index is 12.5. The second-order valence-corrected chi connectivity index (χ2v) is 8.32. The van der Waals surface area contributed by atoms with E-state index in [2.05, 4.69) is 30.4 Å². The minimum atomic E-state index is -0.473. The van der Waals surface area contributed by atoms with E-state index in [1.165, 1.54) is 0 Å². The van der Waals surface area contributed by atoms with Gasteiger partial charge in [0.2, 0.25) is 0 Å². The molecule has 4 rings (SSSR count). The minimum absolute atomic E-state index is 0.206. The van der Waals surface area contributed by atoms with Gasteiger partial charge in [-0.3, -0.25) is 10.2 Å². The number of hydrogen-bond donors (Lipinski definition) is 2. The summed E-state index contributed by atoms with van der Waals surface area (Å²) in [5, 5.41) is 6.22. The molecule has 0 atom stereocenters. The predicted octanol–water partition coefficient (Wildman–Crippen LogP) is 2.98. The molecule has 2 aliphatic heterocycles. The van der Waals surface area contributed by atoms with Gasteiger partial charge in [0.05, 0.1) is 36.5 Å². The number of carbonyl (C=O) groups excluding carboxylic acids is 1. The summed E-state index contributed by atoms with van der Waals surface area (Å²) in [6, 6.07) is 6.29. The van der Waals surface area contributed by atoms with Crippen molar-refractivity contribution in [1.82, 2.24) is 14.9 Å². The second kappa shape index (κ2) is 11.7. The third kappa shape index (κ3) is 7.05. The fourth-order valence-electron chi connectivity index (χ4n) is 3.44. The van der Waals surface area contributed by atoms with Crippen molar-refractivity contribution in [3.63, 3.8) is 0 Å². The summed E-state index contributed by atoms with van der Waals surface area (Å²) in [7, 11) is 0. The molecule has 0 unspecified atom stereocenters. The highest BCUT2D eigenvalue weighted by molar-refractivity contribution is 6.42. The lowest BCUT2D eigenvalue weighted by Gasteiger charge is -2.28. The maximum Gasteiger partial charge on any atom is 0.324 e. The molecule has 0 saturated carbocycles. The molecular formula is C21H26Cl2N6O4. The molecule has 0 bridgehead atoms. The minimum Gasteiger partial charge on any atom is -0.462 e. The lowest BCUT2D eigenvalue weighted by Crippen LogP contribution is -2.39. The van der Waals surface area contributed by atoms with Crippen LogP contribution in [0.2, 0.25) is 10.0 Å². The van der Waals surface area contributed by atoms with Gasteiger partial charge < -0.3 is 24.4 Å². The van der Waals surface area contributed by atoms with Gasteiger partial charge in [0.25, 0.3) is 0 Å².